The van der Waals surface area contributed by atoms with Crippen LogP contribution in [0.25, 0.3) is 0 Å². The summed E-state index contributed by atoms with van der Waals surface area (Å²) in [6.45, 7) is 9.55. The highest BCUT2D eigenvalue weighted by molar-refractivity contribution is 5.92. The van der Waals surface area contributed by atoms with Gasteiger partial charge in [-0.3, -0.25) is 4.68 Å². The number of rotatable bonds is 5. The van der Waals surface area contributed by atoms with Crippen LogP contribution in [0.3, 0.4) is 0 Å². The zero-order chi connectivity index (χ0) is 19.4. The summed E-state index contributed by atoms with van der Waals surface area (Å²) in [6, 6.07) is 16.5. The Morgan fingerprint density at radius 2 is 1.78 bits per heavy atom. The van der Waals surface area contributed by atoms with Crippen molar-refractivity contribution < 1.29 is 0 Å². The van der Waals surface area contributed by atoms with Crippen LogP contribution in [-0.2, 0) is 13.1 Å². The largest absolute Gasteiger partial charge is 0.370 e. The minimum atomic E-state index is 0.410. The normalized spacial score (nSPS) is 11.6. The molecule has 0 aliphatic carbocycles. The Labute approximate surface area is 160 Å². The summed E-state index contributed by atoms with van der Waals surface area (Å²) in [7, 11) is 0. The van der Waals surface area contributed by atoms with E-state index in [4.69, 9.17) is 5.73 Å². The number of guanidine groups is 1. The number of nitrogens with zero attached hydrogens (tertiary/aromatic N) is 3. The number of aryl methyl sites for hydroxylation is 3. The van der Waals surface area contributed by atoms with Crippen LogP contribution < -0.4 is 11.1 Å². The van der Waals surface area contributed by atoms with E-state index in [0.29, 0.717) is 12.5 Å². The Bertz CT molecular complexity index is 954. The maximum Gasteiger partial charge on any atom is 0.193 e. The molecule has 0 spiro atoms. The molecular formula is C22H27N5. The molecule has 3 N–H and O–H groups in total. The molecule has 140 valence electrons. The van der Waals surface area contributed by atoms with Crippen molar-refractivity contribution >= 4 is 11.6 Å². The third-order valence-corrected chi connectivity index (χ3v) is 4.89. The molecule has 5 heteroatoms. The fourth-order valence-corrected chi connectivity index (χ4v) is 3.04. The SMILES string of the molecule is Cc1ccc(NC(N)=NCc2c(C)nn(Cc3ccccc3)c2C)cc1C. The monoisotopic (exact) mass is 361 g/mol. The van der Waals surface area contributed by atoms with Crippen LogP contribution in [0.1, 0.15) is 33.6 Å². The summed E-state index contributed by atoms with van der Waals surface area (Å²) in [5.41, 5.74) is 14.0. The lowest BCUT2D eigenvalue weighted by atomic mass is 10.1. The number of hydrogen-bond acceptors (Lipinski definition) is 2. The standard InChI is InChI=1S/C22H27N5/c1-15-10-11-20(12-16(15)2)25-22(23)24-13-21-17(3)26-27(18(21)4)14-19-8-6-5-7-9-19/h5-12H,13-14H2,1-4H3,(H3,23,24,25). The van der Waals surface area contributed by atoms with E-state index in [9.17, 15) is 0 Å². The predicted molar refractivity (Wildman–Crippen MR) is 112 cm³/mol. The molecule has 3 rings (SSSR count). The zero-order valence-corrected chi connectivity index (χ0v) is 16.5. The average Bonchev–Trinajstić information content (AvgIpc) is 2.90. The van der Waals surface area contributed by atoms with Gasteiger partial charge < -0.3 is 11.1 Å². The molecule has 0 saturated heterocycles. The van der Waals surface area contributed by atoms with Crippen LogP contribution in [0.5, 0.6) is 0 Å². The molecule has 1 aromatic heterocycles. The van der Waals surface area contributed by atoms with Gasteiger partial charge in [0.1, 0.15) is 0 Å². The first-order chi connectivity index (χ1) is 12.9. The highest BCUT2D eigenvalue weighted by Crippen LogP contribution is 2.17. The van der Waals surface area contributed by atoms with Crippen molar-refractivity contribution in [3.05, 3.63) is 82.2 Å². The Morgan fingerprint density at radius 1 is 1.04 bits per heavy atom. The molecule has 0 amide bonds. The number of nitrogens with two attached hydrogens (primary N) is 1. The fraction of sp³-hybridized carbons (Fsp3) is 0.273. The smallest absolute Gasteiger partial charge is 0.193 e. The molecule has 0 aliphatic rings. The van der Waals surface area contributed by atoms with E-state index < -0.39 is 0 Å². The highest BCUT2D eigenvalue weighted by Gasteiger charge is 2.11. The molecule has 2 aromatic carbocycles. The summed E-state index contributed by atoms with van der Waals surface area (Å²) in [5.74, 6) is 0.410. The van der Waals surface area contributed by atoms with E-state index in [1.165, 1.54) is 16.7 Å². The lowest BCUT2D eigenvalue weighted by molar-refractivity contribution is 0.658. The molecular weight excluding hydrogens is 334 g/mol. The third kappa shape index (κ3) is 4.56. The van der Waals surface area contributed by atoms with E-state index in [2.05, 4.69) is 60.4 Å². The molecule has 27 heavy (non-hydrogen) atoms. The Hall–Kier alpha value is -3.08. The van der Waals surface area contributed by atoms with Gasteiger partial charge in [-0.1, -0.05) is 36.4 Å². The Balaban J connectivity index is 1.71. The van der Waals surface area contributed by atoms with Gasteiger partial charge in [0.25, 0.3) is 0 Å². The van der Waals surface area contributed by atoms with E-state index in [1.54, 1.807) is 0 Å². The maximum absolute atomic E-state index is 6.08. The molecule has 1 heterocycles. The molecule has 0 saturated carbocycles. The number of aromatic nitrogens is 2. The second-order valence-electron chi connectivity index (χ2n) is 6.92. The molecule has 0 fully saturated rings. The summed E-state index contributed by atoms with van der Waals surface area (Å²) < 4.78 is 2.03. The molecule has 0 radical (unpaired) electrons. The summed E-state index contributed by atoms with van der Waals surface area (Å²) >= 11 is 0. The summed E-state index contributed by atoms with van der Waals surface area (Å²) in [6.07, 6.45) is 0. The van der Waals surface area contributed by atoms with E-state index in [1.807, 2.05) is 35.9 Å². The van der Waals surface area contributed by atoms with Crippen molar-refractivity contribution in [2.75, 3.05) is 5.32 Å². The quantitative estimate of drug-likeness (QED) is 0.531. The van der Waals surface area contributed by atoms with Gasteiger partial charge in [-0.25, -0.2) is 4.99 Å². The minimum Gasteiger partial charge on any atom is -0.370 e. The first-order valence-corrected chi connectivity index (χ1v) is 9.15. The van der Waals surface area contributed by atoms with Gasteiger partial charge in [0.2, 0.25) is 0 Å². The van der Waals surface area contributed by atoms with Gasteiger partial charge in [0, 0.05) is 16.9 Å². The van der Waals surface area contributed by atoms with Gasteiger partial charge in [-0.05, 0) is 56.5 Å². The molecule has 0 aliphatic heterocycles. The van der Waals surface area contributed by atoms with E-state index in [-0.39, 0.29) is 0 Å². The van der Waals surface area contributed by atoms with E-state index in [0.717, 1.165) is 29.2 Å². The van der Waals surface area contributed by atoms with Gasteiger partial charge >= 0.3 is 0 Å². The Morgan fingerprint density at radius 3 is 2.48 bits per heavy atom. The molecule has 0 atom stereocenters. The lowest BCUT2D eigenvalue weighted by Gasteiger charge is -2.08. The zero-order valence-electron chi connectivity index (χ0n) is 16.5. The average molecular weight is 361 g/mol. The van der Waals surface area contributed by atoms with Gasteiger partial charge in [0.15, 0.2) is 5.96 Å². The molecule has 5 nitrogen and oxygen atoms in total. The topological polar surface area (TPSA) is 68.2 Å². The second-order valence-corrected chi connectivity index (χ2v) is 6.92. The predicted octanol–water partition coefficient (Wildman–Crippen LogP) is 4.09. The first-order valence-electron chi connectivity index (χ1n) is 9.15. The van der Waals surface area contributed by atoms with Crippen LogP contribution in [0.15, 0.2) is 53.5 Å². The summed E-state index contributed by atoms with van der Waals surface area (Å²) in [4.78, 5) is 4.51. The van der Waals surface area contributed by atoms with Crippen LogP contribution in [0.4, 0.5) is 5.69 Å². The Kier molecular flexibility index (Phi) is 5.60. The van der Waals surface area contributed by atoms with Crippen molar-refractivity contribution in [2.24, 2.45) is 10.7 Å². The molecule has 3 aromatic rings. The van der Waals surface area contributed by atoms with Crippen LogP contribution >= 0.6 is 0 Å². The van der Waals surface area contributed by atoms with Gasteiger partial charge in [-0.2, -0.15) is 5.10 Å². The highest BCUT2D eigenvalue weighted by atomic mass is 15.3. The number of nitrogens with one attached hydrogen (secondary N) is 1. The van der Waals surface area contributed by atoms with Crippen molar-refractivity contribution in [3.63, 3.8) is 0 Å². The number of anilines is 1. The van der Waals surface area contributed by atoms with Crippen molar-refractivity contribution in [2.45, 2.75) is 40.8 Å². The first kappa shape index (κ1) is 18.7. The van der Waals surface area contributed by atoms with Crippen LogP contribution in [-0.4, -0.2) is 15.7 Å². The minimum absolute atomic E-state index is 0.410. The maximum atomic E-state index is 6.08. The van der Waals surface area contributed by atoms with Crippen LogP contribution in [0, 0.1) is 27.7 Å². The van der Waals surface area contributed by atoms with E-state index >= 15 is 0 Å². The second kappa shape index (κ2) is 8.08. The van der Waals surface area contributed by atoms with Crippen LogP contribution in [0.2, 0.25) is 0 Å². The number of benzene rings is 2. The van der Waals surface area contributed by atoms with Crippen molar-refractivity contribution in [1.29, 1.82) is 0 Å². The summed E-state index contributed by atoms with van der Waals surface area (Å²) in [5, 5.41) is 7.84. The molecule has 0 bridgehead atoms. The van der Waals surface area contributed by atoms with Gasteiger partial charge in [-0.15, -0.1) is 0 Å². The van der Waals surface area contributed by atoms with Gasteiger partial charge in [0.05, 0.1) is 18.8 Å². The fourth-order valence-electron chi connectivity index (χ4n) is 3.04. The molecule has 0 unspecified atom stereocenters. The van der Waals surface area contributed by atoms with Crippen molar-refractivity contribution in [1.82, 2.24) is 9.78 Å². The number of aliphatic imine (C=N–C) groups is 1. The number of hydrogen-bond donors (Lipinski definition) is 2. The lowest BCUT2D eigenvalue weighted by Crippen LogP contribution is -2.22. The third-order valence-electron chi connectivity index (χ3n) is 4.89. The van der Waals surface area contributed by atoms with Crippen molar-refractivity contribution in [3.8, 4) is 0 Å².